The van der Waals surface area contributed by atoms with E-state index >= 15 is 0 Å². The molecule has 0 saturated heterocycles. The van der Waals surface area contributed by atoms with E-state index in [2.05, 4.69) is 15.7 Å². The molecule has 0 aliphatic heterocycles. The third kappa shape index (κ3) is 5.66. The van der Waals surface area contributed by atoms with Gasteiger partial charge in [0.05, 0.1) is 31.2 Å². The minimum atomic E-state index is -0.589. The number of nitrogens with one attached hydrogen (secondary N) is 1. The molecule has 158 valence electrons. The number of amides is 1. The number of aryl methyl sites for hydroxylation is 1. The molecule has 0 spiro atoms. The zero-order chi connectivity index (χ0) is 22.2. The Labute approximate surface area is 179 Å². The standard InChI is InChI=1S/C23H21N3O5/c1-15-4-6-16(7-5-15)22(27)25-24-18-9-11-19(12-10-18)26-31-23(28)17-8-13-20(29-2)21(14-17)30-3/h4-14,26H,1-3H3. The second kappa shape index (κ2) is 10.0. The summed E-state index contributed by atoms with van der Waals surface area (Å²) in [5.74, 6) is -0.0797. The van der Waals surface area contributed by atoms with Crippen molar-refractivity contribution in [2.75, 3.05) is 19.7 Å². The van der Waals surface area contributed by atoms with Crippen LogP contribution in [0.5, 0.6) is 11.5 Å². The number of ether oxygens (including phenoxy) is 2. The number of carbonyl (C=O) groups excluding carboxylic acids is 2. The van der Waals surface area contributed by atoms with Crippen molar-refractivity contribution >= 4 is 23.3 Å². The summed E-state index contributed by atoms with van der Waals surface area (Å²) < 4.78 is 10.3. The molecular weight excluding hydrogens is 398 g/mol. The summed E-state index contributed by atoms with van der Waals surface area (Å²) >= 11 is 0. The Morgan fingerprint density at radius 3 is 2.10 bits per heavy atom. The average molecular weight is 419 g/mol. The molecule has 1 N–H and O–H groups in total. The van der Waals surface area contributed by atoms with Crippen LogP contribution in [0.2, 0.25) is 0 Å². The number of anilines is 1. The lowest BCUT2D eigenvalue weighted by Crippen LogP contribution is -2.11. The maximum atomic E-state index is 12.2. The summed E-state index contributed by atoms with van der Waals surface area (Å²) in [6.07, 6.45) is 0. The molecule has 8 nitrogen and oxygen atoms in total. The second-order valence-corrected chi connectivity index (χ2v) is 6.48. The summed E-state index contributed by atoms with van der Waals surface area (Å²) in [4.78, 5) is 29.4. The van der Waals surface area contributed by atoms with Gasteiger partial charge in [-0.1, -0.05) is 17.7 Å². The lowest BCUT2D eigenvalue weighted by Gasteiger charge is -2.10. The van der Waals surface area contributed by atoms with Crippen molar-refractivity contribution in [3.8, 4) is 11.5 Å². The van der Waals surface area contributed by atoms with E-state index in [0.29, 0.717) is 34.0 Å². The number of rotatable bonds is 7. The van der Waals surface area contributed by atoms with Gasteiger partial charge in [-0.2, -0.15) is 0 Å². The van der Waals surface area contributed by atoms with E-state index in [4.69, 9.17) is 14.3 Å². The molecule has 0 saturated carbocycles. The van der Waals surface area contributed by atoms with E-state index in [1.165, 1.54) is 20.3 Å². The molecule has 3 rings (SSSR count). The molecule has 0 fully saturated rings. The van der Waals surface area contributed by atoms with Crippen LogP contribution in [0.3, 0.4) is 0 Å². The minimum absolute atomic E-state index is 0.296. The lowest BCUT2D eigenvalue weighted by atomic mass is 10.1. The Kier molecular flexibility index (Phi) is 6.95. The maximum absolute atomic E-state index is 12.2. The van der Waals surface area contributed by atoms with E-state index in [0.717, 1.165) is 5.56 Å². The number of carbonyl (C=O) groups is 2. The van der Waals surface area contributed by atoms with E-state index in [9.17, 15) is 9.59 Å². The highest BCUT2D eigenvalue weighted by Crippen LogP contribution is 2.28. The van der Waals surface area contributed by atoms with Gasteiger partial charge in [0.25, 0.3) is 5.91 Å². The number of nitrogens with zero attached hydrogens (tertiary/aromatic N) is 2. The van der Waals surface area contributed by atoms with Crippen LogP contribution in [0.4, 0.5) is 11.4 Å². The van der Waals surface area contributed by atoms with Crippen LogP contribution in [0.15, 0.2) is 77.0 Å². The highest BCUT2D eigenvalue weighted by molar-refractivity contribution is 5.94. The van der Waals surface area contributed by atoms with Crippen LogP contribution in [-0.4, -0.2) is 26.1 Å². The molecule has 3 aromatic rings. The molecule has 0 bridgehead atoms. The van der Waals surface area contributed by atoms with Gasteiger partial charge in [0.15, 0.2) is 11.5 Å². The zero-order valence-electron chi connectivity index (χ0n) is 17.3. The molecule has 0 radical (unpaired) electrons. The van der Waals surface area contributed by atoms with E-state index in [1.54, 1.807) is 48.5 Å². The van der Waals surface area contributed by atoms with E-state index < -0.39 is 11.9 Å². The summed E-state index contributed by atoms with van der Waals surface area (Å²) in [6, 6.07) is 18.4. The fraction of sp³-hybridized carbons (Fsp3) is 0.130. The molecule has 0 atom stereocenters. The topological polar surface area (TPSA) is 98.6 Å². The molecule has 31 heavy (non-hydrogen) atoms. The molecule has 1 amide bonds. The Morgan fingerprint density at radius 1 is 0.806 bits per heavy atom. The van der Waals surface area contributed by atoms with Crippen LogP contribution in [0.1, 0.15) is 26.3 Å². The molecule has 0 heterocycles. The van der Waals surface area contributed by atoms with Crippen LogP contribution >= 0.6 is 0 Å². The Bertz CT molecular complexity index is 1090. The summed E-state index contributed by atoms with van der Waals surface area (Å²) in [5.41, 5.74) is 5.40. The minimum Gasteiger partial charge on any atom is -0.493 e. The molecule has 0 aliphatic carbocycles. The number of hydrogen-bond acceptors (Lipinski definition) is 7. The number of azo groups is 1. The first-order valence-electron chi connectivity index (χ1n) is 9.32. The summed E-state index contributed by atoms with van der Waals surface area (Å²) in [6.45, 7) is 1.94. The van der Waals surface area contributed by atoms with Gasteiger partial charge >= 0.3 is 5.97 Å². The third-order valence-electron chi connectivity index (χ3n) is 4.30. The highest BCUT2D eigenvalue weighted by Gasteiger charge is 2.12. The van der Waals surface area contributed by atoms with Gasteiger partial charge in [-0.05, 0) is 61.5 Å². The Morgan fingerprint density at radius 2 is 1.45 bits per heavy atom. The Balaban J connectivity index is 1.57. The van der Waals surface area contributed by atoms with Gasteiger partial charge in [-0.25, -0.2) is 10.3 Å². The summed E-state index contributed by atoms with van der Waals surface area (Å²) in [7, 11) is 3.00. The molecule has 3 aromatic carbocycles. The fourth-order valence-electron chi connectivity index (χ4n) is 2.58. The van der Waals surface area contributed by atoms with Gasteiger partial charge in [0.2, 0.25) is 0 Å². The van der Waals surface area contributed by atoms with Gasteiger partial charge in [0, 0.05) is 5.56 Å². The van der Waals surface area contributed by atoms with Gasteiger partial charge in [-0.3, -0.25) is 4.79 Å². The first-order chi connectivity index (χ1) is 15.0. The van der Waals surface area contributed by atoms with Crippen molar-refractivity contribution in [3.63, 3.8) is 0 Å². The predicted molar refractivity (Wildman–Crippen MR) is 115 cm³/mol. The Hall–Kier alpha value is -4.20. The SMILES string of the molecule is COc1ccc(C(=O)ONc2ccc(N=NC(=O)c3ccc(C)cc3)cc2)cc1OC. The van der Waals surface area contributed by atoms with E-state index in [1.807, 2.05) is 19.1 Å². The number of hydrogen-bond donors (Lipinski definition) is 1. The van der Waals surface area contributed by atoms with Crippen LogP contribution in [-0.2, 0) is 4.84 Å². The highest BCUT2D eigenvalue weighted by atomic mass is 16.7. The van der Waals surface area contributed by atoms with Crippen molar-refractivity contribution < 1.29 is 23.9 Å². The van der Waals surface area contributed by atoms with Crippen molar-refractivity contribution in [1.29, 1.82) is 0 Å². The maximum Gasteiger partial charge on any atom is 0.362 e. The summed E-state index contributed by atoms with van der Waals surface area (Å²) in [5, 5.41) is 7.67. The molecule has 0 aliphatic rings. The van der Waals surface area contributed by atoms with Crippen molar-refractivity contribution in [3.05, 3.63) is 83.4 Å². The first kappa shape index (κ1) is 21.5. The number of benzene rings is 3. The third-order valence-corrected chi connectivity index (χ3v) is 4.30. The molecule has 0 unspecified atom stereocenters. The second-order valence-electron chi connectivity index (χ2n) is 6.48. The fourth-order valence-corrected chi connectivity index (χ4v) is 2.58. The van der Waals surface area contributed by atoms with E-state index in [-0.39, 0.29) is 0 Å². The average Bonchev–Trinajstić information content (AvgIpc) is 2.81. The van der Waals surface area contributed by atoms with Gasteiger partial charge in [0.1, 0.15) is 0 Å². The van der Waals surface area contributed by atoms with Crippen molar-refractivity contribution in [1.82, 2.24) is 0 Å². The van der Waals surface area contributed by atoms with Crippen molar-refractivity contribution in [2.45, 2.75) is 6.92 Å². The van der Waals surface area contributed by atoms with Gasteiger partial charge < -0.3 is 14.3 Å². The molecule has 8 heteroatoms. The van der Waals surface area contributed by atoms with Crippen LogP contribution in [0.25, 0.3) is 0 Å². The largest absolute Gasteiger partial charge is 0.493 e. The smallest absolute Gasteiger partial charge is 0.362 e. The van der Waals surface area contributed by atoms with Gasteiger partial charge in [-0.15, -0.1) is 10.2 Å². The molecule has 0 aromatic heterocycles. The molecular formula is C23H21N3O5. The monoisotopic (exact) mass is 419 g/mol. The quantitative estimate of drug-likeness (QED) is 0.422. The normalized spacial score (nSPS) is 10.5. The van der Waals surface area contributed by atoms with Crippen LogP contribution < -0.4 is 15.0 Å². The number of methoxy groups -OCH3 is 2. The predicted octanol–water partition coefficient (Wildman–Crippen LogP) is 5.12. The van der Waals surface area contributed by atoms with Crippen molar-refractivity contribution in [2.24, 2.45) is 10.2 Å². The van der Waals surface area contributed by atoms with Crippen LogP contribution in [0, 0.1) is 6.92 Å². The first-order valence-corrected chi connectivity index (χ1v) is 9.32. The lowest BCUT2D eigenvalue weighted by molar-refractivity contribution is 0.0596. The zero-order valence-corrected chi connectivity index (χ0v) is 17.3.